The van der Waals surface area contributed by atoms with Gasteiger partial charge in [-0.05, 0) is 37.1 Å². The second kappa shape index (κ2) is 13.6. The van der Waals surface area contributed by atoms with E-state index in [-0.39, 0.29) is 5.56 Å². The maximum Gasteiger partial charge on any atom is 0.335 e. The molecule has 0 aliphatic carbocycles. The number of carbonyl (C=O) groups is 1. The number of hydrogen-bond donors (Lipinski definition) is 1. The van der Waals surface area contributed by atoms with Gasteiger partial charge >= 0.3 is 5.97 Å². The zero-order chi connectivity index (χ0) is 17.5. The van der Waals surface area contributed by atoms with Crippen LogP contribution in [-0.2, 0) is 4.74 Å². The number of aromatic carboxylic acids is 1. The normalized spacial score (nSPS) is 10.5. The predicted molar refractivity (Wildman–Crippen MR) is 96.8 cm³/mol. The summed E-state index contributed by atoms with van der Waals surface area (Å²) in [5.74, 6) is -0.176. The Morgan fingerprint density at radius 3 is 2.00 bits per heavy atom. The summed E-state index contributed by atoms with van der Waals surface area (Å²) in [4.78, 5) is 10.7. The van der Waals surface area contributed by atoms with Crippen LogP contribution >= 0.6 is 0 Å². The molecule has 0 aliphatic rings. The molecule has 24 heavy (non-hydrogen) atoms. The van der Waals surface area contributed by atoms with Crippen LogP contribution in [0.15, 0.2) is 36.9 Å². The average molecular weight is 334 g/mol. The van der Waals surface area contributed by atoms with E-state index in [0.29, 0.717) is 13.2 Å². The van der Waals surface area contributed by atoms with Crippen LogP contribution in [0, 0.1) is 0 Å². The molecule has 1 aromatic carbocycles. The second-order valence-electron chi connectivity index (χ2n) is 5.87. The van der Waals surface area contributed by atoms with Crippen molar-refractivity contribution in [2.24, 2.45) is 0 Å². The number of hydrogen-bond acceptors (Lipinski definition) is 3. The van der Waals surface area contributed by atoms with E-state index in [0.717, 1.165) is 25.2 Å². The van der Waals surface area contributed by atoms with Gasteiger partial charge in [-0.15, -0.1) is 6.58 Å². The van der Waals surface area contributed by atoms with Gasteiger partial charge in [0.05, 0.1) is 18.8 Å². The van der Waals surface area contributed by atoms with E-state index in [1.165, 1.54) is 38.5 Å². The fourth-order valence-corrected chi connectivity index (χ4v) is 2.42. The Bertz CT molecular complexity index is 453. The molecule has 0 bridgehead atoms. The van der Waals surface area contributed by atoms with Crippen molar-refractivity contribution in [2.45, 2.75) is 51.4 Å². The largest absolute Gasteiger partial charge is 0.494 e. The van der Waals surface area contributed by atoms with Crippen molar-refractivity contribution >= 4 is 5.97 Å². The van der Waals surface area contributed by atoms with Crippen LogP contribution < -0.4 is 4.74 Å². The highest BCUT2D eigenvalue weighted by Crippen LogP contribution is 2.13. The van der Waals surface area contributed by atoms with Gasteiger partial charge in [0.25, 0.3) is 0 Å². The van der Waals surface area contributed by atoms with Crippen molar-refractivity contribution in [2.75, 3.05) is 19.8 Å². The molecule has 0 spiro atoms. The molecule has 0 unspecified atom stereocenters. The van der Waals surface area contributed by atoms with E-state index in [2.05, 4.69) is 6.58 Å². The van der Waals surface area contributed by atoms with Gasteiger partial charge in [0.15, 0.2) is 0 Å². The molecule has 0 saturated carbocycles. The minimum Gasteiger partial charge on any atom is -0.494 e. The molecule has 0 amide bonds. The Morgan fingerprint density at radius 2 is 1.46 bits per heavy atom. The Morgan fingerprint density at radius 1 is 0.917 bits per heavy atom. The second-order valence-corrected chi connectivity index (χ2v) is 5.87. The molecule has 0 fully saturated rings. The predicted octanol–water partition coefficient (Wildman–Crippen LogP) is 5.09. The van der Waals surface area contributed by atoms with Gasteiger partial charge in [0.2, 0.25) is 0 Å². The first kappa shape index (κ1) is 20.2. The summed E-state index contributed by atoms with van der Waals surface area (Å²) in [6, 6.07) is 6.56. The maximum absolute atomic E-state index is 10.7. The topological polar surface area (TPSA) is 55.8 Å². The van der Waals surface area contributed by atoms with Crippen molar-refractivity contribution in [3.63, 3.8) is 0 Å². The molecule has 4 heteroatoms. The van der Waals surface area contributed by atoms with E-state index in [1.807, 2.05) is 0 Å². The molecule has 0 heterocycles. The summed E-state index contributed by atoms with van der Waals surface area (Å²) in [6.45, 7) is 5.81. The molecule has 0 saturated heterocycles. The molecule has 0 aromatic heterocycles. The third-order valence-corrected chi connectivity index (χ3v) is 3.79. The number of ether oxygens (including phenoxy) is 2. The summed E-state index contributed by atoms with van der Waals surface area (Å²) in [5, 5.41) is 8.82. The minimum atomic E-state index is -0.911. The lowest BCUT2D eigenvalue weighted by molar-refractivity contribution is 0.0697. The summed E-state index contributed by atoms with van der Waals surface area (Å²) < 4.78 is 11.0. The quantitative estimate of drug-likeness (QED) is 0.359. The molecular weight excluding hydrogens is 304 g/mol. The highest BCUT2D eigenvalue weighted by Gasteiger charge is 2.01. The van der Waals surface area contributed by atoms with Crippen LogP contribution in [0.2, 0.25) is 0 Å². The standard InChI is InChI=1S/C20H30O4/c1-2-15-23-16-9-7-5-3-4-6-8-10-17-24-19-13-11-18(12-14-19)20(21)22/h2,11-14H,1,3-10,15-17H2,(H,21,22). The number of carboxylic acids is 1. The Kier molecular flexibility index (Phi) is 11.5. The zero-order valence-corrected chi connectivity index (χ0v) is 14.5. The molecular formula is C20H30O4. The number of unbranched alkanes of at least 4 members (excludes halogenated alkanes) is 7. The van der Waals surface area contributed by atoms with Gasteiger partial charge in [-0.25, -0.2) is 4.79 Å². The molecule has 0 radical (unpaired) electrons. The van der Waals surface area contributed by atoms with Crippen LogP contribution in [0.4, 0.5) is 0 Å². The van der Waals surface area contributed by atoms with Gasteiger partial charge in [0.1, 0.15) is 5.75 Å². The smallest absolute Gasteiger partial charge is 0.335 e. The number of carboxylic acid groups (broad SMARTS) is 1. The van der Waals surface area contributed by atoms with Crippen molar-refractivity contribution in [3.05, 3.63) is 42.5 Å². The SMILES string of the molecule is C=CCOCCCCCCCCCCOc1ccc(C(=O)O)cc1. The fourth-order valence-electron chi connectivity index (χ4n) is 2.42. The van der Waals surface area contributed by atoms with Gasteiger partial charge in [0, 0.05) is 6.61 Å². The Hall–Kier alpha value is -1.81. The highest BCUT2D eigenvalue weighted by molar-refractivity contribution is 5.87. The molecule has 134 valence electrons. The van der Waals surface area contributed by atoms with Crippen LogP contribution in [-0.4, -0.2) is 30.9 Å². The molecule has 1 rings (SSSR count). The lowest BCUT2D eigenvalue weighted by atomic mass is 10.1. The van der Waals surface area contributed by atoms with Gasteiger partial charge in [-0.3, -0.25) is 0 Å². The van der Waals surface area contributed by atoms with Crippen molar-refractivity contribution in [3.8, 4) is 5.75 Å². The first-order valence-electron chi connectivity index (χ1n) is 8.89. The summed E-state index contributed by atoms with van der Waals surface area (Å²) in [5.41, 5.74) is 0.287. The molecule has 1 N–H and O–H groups in total. The summed E-state index contributed by atoms with van der Waals surface area (Å²) >= 11 is 0. The van der Waals surface area contributed by atoms with E-state index in [4.69, 9.17) is 14.6 Å². The third-order valence-electron chi connectivity index (χ3n) is 3.79. The van der Waals surface area contributed by atoms with E-state index in [9.17, 15) is 4.79 Å². The van der Waals surface area contributed by atoms with Crippen LogP contribution in [0.5, 0.6) is 5.75 Å². The molecule has 4 nitrogen and oxygen atoms in total. The number of benzene rings is 1. The van der Waals surface area contributed by atoms with E-state index < -0.39 is 5.97 Å². The van der Waals surface area contributed by atoms with Crippen molar-refractivity contribution in [1.29, 1.82) is 0 Å². The van der Waals surface area contributed by atoms with Crippen LogP contribution in [0.1, 0.15) is 61.7 Å². The molecule has 0 aliphatic heterocycles. The fraction of sp³-hybridized carbons (Fsp3) is 0.550. The average Bonchev–Trinajstić information content (AvgIpc) is 2.59. The highest BCUT2D eigenvalue weighted by atomic mass is 16.5. The summed E-state index contributed by atoms with van der Waals surface area (Å²) in [6.07, 6.45) is 11.5. The lowest BCUT2D eigenvalue weighted by Crippen LogP contribution is -1.99. The van der Waals surface area contributed by atoms with Crippen LogP contribution in [0.3, 0.4) is 0 Å². The zero-order valence-electron chi connectivity index (χ0n) is 14.5. The van der Waals surface area contributed by atoms with Crippen LogP contribution in [0.25, 0.3) is 0 Å². The van der Waals surface area contributed by atoms with Gasteiger partial charge in [-0.1, -0.05) is 44.6 Å². The van der Waals surface area contributed by atoms with Gasteiger partial charge in [-0.2, -0.15) is 0 Å². The van der Waals surface area contributed by atoms with Gasteiger partial charge < -0.3 is 14.6 Å². The van der Waals surface area contributed by atoms with Crippen molar-refractivity contribution < 1.29 is 19.4 Å². The summed E-state index contributed by atoms with van der Waals surface area (Å²) in [7, 11) is 0. The molecule has 0 atom stereocenters. The van der Waals surface area contributed by atoms with Crippen molar-refractivity contribution in [1.82, 2.24) is 0 Å². The first-order valence-corrected chi connectivity index (χ1v) is 8.89. The van der Waals surface area contributed by atoms with E-state index >= 15 is 0 Å². The Balaban J connectivity index is 1.88. The molecule has 1 aromatic rings. The number of rotatable bonds is 15. The maximum atomic E-state index is 10.7. The lowest BCUT2D eigenvalue weighted by Gasteiger charge is -2.06. The van der Waals surface area contributed by atoms with E-state index in [1.54, 1.807) is 30.3 Å². The minimum absolute atomic E-state index is 0.287. The monoisotopic (exact) mass is 334 g/mol. The Labute approximate surface area is 145 Å². The first-order chi connectivity index (χ1) is 11.7. The third kappa shape index (κ3) is 10.1.